The zero-order valence-electron chi connectivity index (χ0n) is 7.63. The Morgan fingerprint density at radius 2 is 2.13 bits per heavy atom. The van der Waals surface area contributed by atoms with Gasteiger partial charge in [-0.1, -0.05) is 0 Å². The second-order valence-electron chi connectivity index (χ2n) is 3.04. The lowest BCUT2D eigenvalue weighted by Gasteiger charge is -2.01. The first kappa shape index (κ1) is 10.4. The van der Waals surface area contributed by atoms with Gasteiger partial charge in [0.2, 0.25) is 5.78 Å². The van der Waals surface area contributed by atoms with Gasteiger partial charge in [0.15, 0.2) is 0 Å². The van der Waals surface area contributed by atoms with Crippen molar-refractivity contribution in [3.63, 3.8) is 0 Å². The normalized spacial score (nSPS) is 10.3. The van der Waals surface area contributed by atoms with Crippen LogP contribution in [0.1, 0.15) is 16.1 Å². The summed E-state index contributed by atoms with van der Waals surface area (Å²) in [5.74, 6) is -0.452. The van der Waals surface area contributed by atoms with Gasteiger partial charge in [-0.15, -0.1) is 0 Å². The van der Waals surface area contributed by atoms with Crippen LogP contribution in [0.2, 0.25) is 0 Å². The van der Waals surface area contributed by atoms with E-state index in [2.05, 4.69) is 4.98 Å². The minimum atomic E-state index is -0.331. The Morgan fingerprint density at radius 1 is 1.33 bits per heavy atom. The summed E-state index contributed by atoms with van der Waals surface area (Å²) in [4.78, 5) is 14.7. The van der Waals surface area contributed by atoms with E-state index in [1.807, 2.05) is 22.6 Å². The molecule has 0 saturated carbocycles. The lowest BCUT2D eigenvalue weighted by molar-refractivity contribution is 0.103. The van der Waals surface area contributed by atoms with Crippen molar-refractivity contribution in [3.8, 4) is 0 Å². The Morgan fingerprint density at radius 3 is 2.73 bits per heavy atom. The van der Waals surface area contributed by atoms with Crippen molar-refractivity contribution in [1.82, 2.24) is 4.98 Å². The highest BCUT2D eigenvalue weighted by atomic mass is 127. The van der Waals surface area contributed by atoms with Crippen molar-refractivity contribution in [3.05, 3.63) is 57.2 Å². The molecular weight excluding hydrogens is 308 g/mol. The smallest absolute Gasteiger partial charge is 0.210 e. The minimum absolute atomic E-state index is 0.121. The second-order valence-corrected chi connectivity index (χ2v) is 4.20. The predicted molar refractivity (Wildman–Crippen MR) is 63.3 cm³/mol. The average molecular weight is 315 g/mol. The molecule has 2 rings (SSSR count). The molecule has 0 saturated heterocycles. The minimum Gasteiger partial charge on any atom is -0.359 e. The Bertz CT molecular complexity index is 493. The van der Waals surface area contributed by atoms with E-state index in [4.69, 9.17) is 0 Å². The quantitative estimate of drug-likeness (QED) is 0.671. The van der Waals surface area contributed by atoms with Crippen LogP contribution in [0.4, 0.5) is 4.39 Å². The zero-order valence-corrected chi connectivity index (χ0v) is 9.79. The van der Waals surface area contributed by atoms with Crippen LogP contribution in [0.15, 0.2) is 36.5 Å². The van der Waals surface area contributed by atoms with Gasteiger partial charge in [0.05, 0.1) is 5.69 Å². The van der Waals surface area contributed by atoms with E-state index >= 15 is 0 Å². The second kappa shape index (κ2) is 4.14. The van der Waals surface area contributed by atoms with Crippen molar-refractivity contribution in [1.29, 1.82) is 0 Å². The maximum absolute atomic E-state index is 12.8. The standard InChI is InChI=1S/C11H7FINO/c12-7-3-4-8(9(13)6-7)11(15)10-2-1-5-14-10/h1-6,14H. The summed E-state index contributed by atoms with van der Waals surface area (Å²) in [5, 5.41) is 0. The first-order valence-electron chi connectivity index (χ1n) is 4.31. The van der Waals surface area contributed by atoms with Gasteiger partial charge in [0.1, 0.15) is 5.82 Å². The molecule has 4 heteroatoms. The predicted octanol–water partition coefficient (Wildman–Crippen LogP) is 2.99. The Kier molecular flexibility index (Phi) is 2.86. The van der Waals surface area contributed by atoms with E-state index in [0.717, 1.165) is 0 Å². The molecular formula is C11H7FINO. The highest BCUT2D eigenvalue weighted by Crippen LogP contribution is 2.17. The van der Waals surface area contributed by atoms with Gasteiger partial charge in [-0.25, -0.2) is 4.39 Å². The summed E-state index contributed by atoms with van der Waals surface area (Å²) in [6.07, 6.45) is 1.68. The Balaban J connectivity index is 2.42. The number of hydrogen-bond acceptors (Lipinski definition) is 1. The Hall–Kier alpha value is -1.17. The highest BCUT2D eigenvalue weighted by Gasteiger charge is 2.13. The number of benzene rings is 1. The molecule has 1 heterocycles. The number of aromatic nitrogens is 1. The van der Waals surface area contributed by atoms with Crippen LogP contribution in [0.5, 0.6) is 0 Å². The van der Waals surface area contributed by atoms with Gasteiger partial charge in [-0.05, 0) is 52.9 Å². The lowest BCUT2D eigenvalue weighted by Crippen LogP contribution is -2.04. The molecule has 2 nitrogen and oxygen atoms in total. The maximum Gasteiger partial charge on any atom is 0.210 e. The third-order valence-electron chi connectivity index (χ3n) is 2.02. The van der Waals surface area contributed by atoms with E-state index in [1.165, 1.54) is 18.2 Å². The first-order chi connectivity index (χ1) is 7.18. The number of rotatable bonds is 2. The lowest BCUT2D eigenvalue weighted by atomic mass is 10.1. The average Bonchev–Trinajstić information content (AvgIpc) is 2.69. The molecule has 15 heavy (non-hydrogen) atoms. The van der Waals surface area contributed by atoms with Crippen molar-refractivity contribution >= 4 is 28.4 Å². The largest absolute Gasteiger partial charge is 0.359 e. The first-order valence-corrected chi connectivity index (χ1v) is 5.39. The molecule has 0 aliphatic rings. The summed E-state index contributed by atoms with van der Waals surface area (Å²) in [6.45, 7) is 0. The third-order valence-corrected chi connectivity index (χ3v) is 2.91. The molecule has 0 fully saturated rings. The summed E-state index contributed by atoms with van der Waals surface area (Å²) < 4.78 is 13.4. The van der Waals surface area contributed by atoms with Gasteiger partial charge >= 0.3 is 0 Å². The van der Waals surface area contributed by atoms with Crippen LogP contribution in [-0.2, 0) is 0 Å². The number of carbonyl (C=O) groups excluding carboxylic acids is 1. The molecule has 1 aromatic carbocycles. The van der Waals surface area contributed by atoms with Crippen LogP contribution in [-0.4, -0.2) is 10.8 Å². The van der Waals surface area contributed by atoms with Crippen molar-refractivity contribution in [2.75, 3.05) is 0 Å². The molecule has 1 N–H and O–H groups in total. The molecule has 0 atom stereocenters. The molecule has 76 valence electrons. The zero-order chi connectivity index (χ0) is 10.8. The molecule has 2 aromatic rings. The SMILES string of the molecule is O=C(c1ccc[nH]1)c1ccc(F)cc1I. The van der Waals surface area contributed by atoms with Gasteiger partial charge < -0.3 is 4.98 Å². The number of H-pyrrole nitrogens is 1. The van der Waals surface area contributed by atoms with Crippen molar-refractivity contribution in [2.24, 2.45) is 0 Å². The van der Waals surface area contributed by atoms with E-state index in [9.17, 15) is 9.18 Å². The molecule has 0 unspecified atom stereocenters. The molecule has 1 aromatic heterocycles. The van der Waals surface area contributed by atoms with Crippen LogP contribution in [0.25, 0.3) is 0 Å². The van der Waals surface area contributed by atoms with Gasteiger partial charge in [-0.3, -0.25) is 4.79 Å². The fraction of sp³-hybridized carbons (Fsp3) is 0. The summed E-state index contributed by atoms with van der Waals surface area (Å²) in [6, 6.07) is 7.58. The third kappa shape index (κ3) is 2.09. The van der Waals surface area contributed by atoms with Crippen LogP contribution in [0, 0.1) is 9.39 Å². The number of carbonyl (C=O) groups is 1. The number of aromatic amines is 1. The van der Waals surface area contributed by atoms with E-state index < -0.39 is 0 Å². The van der Waals surface area contributed by atoms with Gasteiger partial charge in [0.25, 0.3) is 0 Å². The molecule has 0 aliphatic heterocycles. The highest BCUT2D eigenvalue weighted by molar-refractivity contribution is 14.1. The number of hydrogen-bond donors (Lipinski definition) is 1. The van der Waals surface area contributed by atoms with Gasteiger partial charge in [0, 0.05) is 15.3 Å². The van der Waals surface area contributed by atoms with E-state index in [1.54, 1.807) is 18.3 Å². The maximum atomic E-state index is 12.8. The number of halogens is 2. The van der Waals surface area contributed by atoms with Crippen LogP contribution in [0.3, 0.4) is 0 Å². The summed E-state index contributed by atoms with van der Waals surface area (Å²) >= 11 is 1.95. The van der Waals surface area contributed by atoms with E-state index in [-0.39, 0.29) is 11.6 Å². The number of ketones is 1. The molecule has 0 amide bonds. The van der Waals surface area contributed by atoms with Gasteiger partial charge in [-0.2, -0.15) is 0 Å². The topological polar surface area (TPSA) is 32.9 Å². The molecule has 0 spiro atoms. The van der Waals surface area contributed by atoms with Crippen molar-refractivity contribution < 1.29 is 9.18 Å². The fourth-order valence-electron chi connectivity index (χ4n) is 1.29. The van der Waals surface area contributed by atoms with E-state index in [0.29, 0.717) is 14.8 Å². The summed E-state index contributed by atoms with van der Waals surface area (Å²) in [5.41, 5.74) is 1.03. The monoisotopic (exact) mass is 315 g/mol. The molecule has 0 bridgehead atoms. The number of nitrogens with one attached hydrogen (secondary N) is 1. The van der Waals surface area contributed by atoms with Crippen LogP contribution >= 0.6 is 22.6 Å². The molecule has 0 aliphatic carbocycles. The van der Waals surface area contributed by atoms with Crippen molar-refractivity contribution in [2.45, 2.75) is 0 Å². The molecule has 0 radical (unpaired) electrons. The van der Waals surface area contributed by atoms with Crippen LogP contribution < -0.4 is 0 Å². The summed E-state index contributed by atoms with van der Waals surface area (Å²) in [7, 11) is 0. The fourth-order valence-corrected chi connectivity index (χ4v) is 2.01. The Labute approximate surface area is 99.7 Å².